The minimum atomic E-state index is -1.47. The fourth-order valence-corrected chi connectivity index (χ4v) is 7.37. The van der Waals surface area contributed by atoms with Gasteiger partial charge in [-0.25, -0.2) is 8.78 Å². The van der Waals surface area contributed by atoms with Crippen LogP contribution in [0.4, 0.5) is 8.78 Å². The van der Waals surface area contributed by atoms with E-state index in [-0.39, 0.29) is 31.2 Å². The Morgan fingerprint density at radius 3 is 1.87 bits per heavy atom. The smallest absolute Gasteiger partial charge is 0.251 e. The second kappa shape index (κ2) is 34.9. The molecule has 2 rings (SSSR count). The molecule has 13 nitrogen and oxygen atoms in total. The first-order valence-corrected chi connectivity index (χ1v) is 23.9. The van der Waals surface area contributed by atoms with Gasteiger partial charge in [-0.2, -0.15) is 0 Å². The van der Waals surface area contributed by atoms with Crippen molar-refractivity contribution in [2.24, 2.45) is 11.0 Å². The molecule has 1 aromatic carbocycles. The second-order valence-corrected chi connectivity index (χ2v) is 16.9. The van der Waals surface area contributed by atoms with E-state index in [1.54, 1.807) is 0 Å². The first-order chi connectivity index (χ1) is 30.1. The monoisotopic (exact) mass is 885 g/mol. The molecule has 1 aromatic rings. The highest BCUT2D eigenvalue weighted by Gasteiger charge is 2.49. The number of aliphatic hydroxyl groups excluding tert-OH is 2. The normalized spacial score (nSPS) is 21.0. The Bertz CT molecular complexity index is 1350. The standard InChI is InChI=1S/C47H82F2N4O9/c1-6-10-14-15-16-17-18-19-20-21-22-23-24-40(54)42(55)39(52-46(56)36-25-26-37(48)38(49)30-36)33-61-47-45(60-29-13-9-4)44(59-28-12-8-3)43(58-27-11-7-2)41(62-47)34-57-32-35(5)31-51-53-50/h25-26,30,35,39-45,47,54-55H,6-24,27-29,31-34H2,1-5H3,(H,52,56)/t35?,39-,40+,41?,42-,43-,44-,45?,47-/m0/s1. The number of nitrogens with one attached hydrogen (secondary N) is 1. The summed E-state index contributed by atoms with van der Waals surface area (Å²) in [5.74, 6) is -3.12. The summed E-state index contributed by atoms with van der Waals surface area (Å²) in [5.41, 5.74) is 8.63. The summed E-state index contributed by atoms with van der Waals surface area (Å²) in [5, 5.41) is 29.3. The molecule has 0 aromatic heterocycles. The van der Waals surface area contributed by atoms with Crippen LogP contribution in [-0.4, -0.2) is 111 Å². The fourth-order valence-electron chi connectivity index (χ4n) is 7.37. The number of benzene rings is 1. The highest BCUT2D eigenvalue weighted by atomic mass is 19.2. The summed E-state index contributed by atoms with van der Waals surface area (Å²) in [4.78, 5) is 16.3. The lowest BCUT2D eigenvalue weighted by atomic mass is 9.97. The summed E-state index contributed by atoms with van der Waals surface area (Å²) in [6, 6.07) is 1.62. The maximum atomic E-state index is 14.2. The third kappa shape index (κ3) is 22.4. The number of halogens is 2. The SMILES string of the molecule is CCCCCCCCCCCCCC[C@@H](O)[C@@H](O)[C@H](CO[C@H]1OC(COCC(C)CN=[N+]=[N-])[C@H](OCCCC)[C@H](OCCCC)C1OCCCC)NC(=O)c1ccc(F)c(F)c1. The van der Waals surface area contributed by atoms with Gasteiger partial charge in [0.25, 0.3) is 5.91 Å². The van der Waals surface area contributed by atoms with Gasteiger partial charge < -0.3 is 44.0 Å². The number of aliphatic hydroxyl groups is 2. The van der Waals surface area contributed by atoms with Crippen LogP contribution in [-0.2, 0) is 28.4 Å². The van der Waals surface area contributed by atoms with Gasteiger partial charge in [0.2, 0.25) is 0 Å². The molecule has 3 unspecified atom stereocenters. The summed E-state index contributed by atoms with van der Waals surface area (Å²) in [6.07, 6.45) is 12.8. The van der Waals surface area contributed by atoms with E-state index in [1.807, 2.05) is 6.92 Å². The summed E-state index contributed by atoms with van der Waals surface area (Å²) in [7, 11) is 0. The van der Waals surface area contributed by atoms with Crippen molar-refractivity contribution in [3.8, 4) is 0 Å². The highest BCUT2D eigenvalue weighted by Crippen LogP contribution is 2.31. The Morgan fingerprint density at radius 2 is 1.31 bits per heavy atom. The minimum Gasteiger partial charge on any atom is -0.390 e. The largest absolute Gasteiger partial charge is 0.390 e. The van der Waals surface area contributed by atoms with Gasteiger partial charge in [0.15, 0.2) is 17.9 Å². The second-order valence-electron chi connectivity index (χ2n) is 16.9. The molecule has 358 valence electrons. The van der Waals surface area contributed by atoms with Crippen molar-refractivity contribution < 1.29 is 52.2 Å². The van der Waals surface area contributed by atoms with Gasteiger partial charge >= 0.3 is 0 Å². The zero-order valence-electron chi connectivity index (χ0n) is 38.7. The molecule has 3 N–H and O–H groups in total. The van der Waals surface area contributed by atoms with Crippen LogP contribution < -0.4 is 5.32 Å². The molecule has 0 aliphatic carbocycles. The van der Waals surface area contributed by atoms with E-state index in [9.17, 15) is 23.8 Å². The van der Waals surface area contributed by atoms with E-state index in [2.05, 4.69) is 43.0 Å². The molecule has 1 amide bonds. The van der Waals surface area contributed by atoms with Crippen LogP contribution in [0.5, 0.6) is 0 Å². The number of rotatable bonds is 38. The first-order valence-electron chi connectivity index (χ1n) is 23.9. The van der Waals surface area contributed by atoms with Crippen molar-refractivity contribution in [2.45, 2.75) is 206 Å². The molecule has 0 radical (unpaired) electrons. The summed E-state index contributed by atoms with van der Waals surface area (Å²) < 4.78 is 66.7. The van der Waals surface area contributed by atoms with E-state index >= 15 is 0 Å². The van der Waals surface area contributed by atoms with Crippen LogP contribution in [0.2, 0.25) is 0 Å². The van der Waals surface area contributed by atoms with Crippen molar-refractivity contribution in [3.05, 3.63) is 45.8 Å². The van der Waals surface area contributed by atoms with Gasteiger partial charge in [0, 0.05) is 43.4 Å². The molecule has 1 saturated heterocycles. The minimum absolute atomic E-state index is 0.0514. The predicted molar refractivity (Wildman–Crippen MR) is 238 cm³/mol. The molecule has 1 aliphatic heterocycles. The molecule has 15 heteroatoms. The van der Waals surface area contributed by atoms with Crippen molar-refractivity contribution in [1.29, 1.82) is 0 Å². The van der Waals surface area contributed by atoms with Crippen LogP contribution in [0.1, 0.15) is 167 Å². The van der Waals surface area contributed by atoms with Crippen LogP contribution in [0.15, 0.2) is 23.3 Å². The van der Waals surface area contributed by atoms with Crippen LogP contribution in [0.25, 0.3) is 10.4 Å². The van der Waals surface area contributed by atoms with Crippen molar-refractivity contribution in [3.63, 3.8) is 0 Å². The molecule has 62 heavy (non-hydrogen) atoms. The number of amides is 1. The fraction of sp³-hybridized carbons (Fsp3) is 0.851. The van der Waals surface area contributed by atoms with E-state index in [4.69, 9.17) is 34.0 Å². The Morgan fingerprint density at radius 1 is 0.758 bits per heavy atom. The maximum Gasteiger partial charge on any atom is 0.251 e. The van der Waals surface area contributed by atoms with Crippen molar-refractivity contribution >= 4 is 5.91 Å². The van der Waals surface area contributed by atoms with Crippen molar-refractivity contribution in [2.75, 3.05) is 46.2 Å². The predicted octanol–water partition coefficient (Wildman–Crippen LogP) is 10.1. The molecule has 0 saturated carbocycles. The topological polar surface area (TPSA) is 174 Å². The third-order valence-corrected chi connectivity index (χ3v) is 11.3. The van der Waals surface area contributed by atoms with Crippen LogP contribution >= 0.6 is 0 Å². The Hall–Kier alpha value is -2.46. The number of azide groups is 1. The molecular weight excluding hydrogens is 803 g/mol. The van der Waals surface area contributed by atoms with E-state index in [1.165, 1.54) is 51.4 Å². The van der Waals surface area contributed by atoms with Crippen molar-refractivity contribution in [1.82, 2.24) is 5.32 Å². The van der Waals surface area contributed by atoms with Gasteiger partial charge in [-0.1, -0.05) is 136 Å². The number of ether oxygens (including phenoxy) is 6. The average molecular weight is 885 g/mol. The number of carbonyl (C=O) groups excluding carboxylic acids is 1. The number of carbonyl (C=O) groups is 1. The van der Waals surface area contributed by atoms with Gasteiger partial charge in [-0.3, -0.25) is 4.79 Å². The maximum absolute atomic E-state index is 14.2. The van der Waals surface area contributed by atoms with Gasteiger partial charge in [-0.05, 0) is 55.3 Å². The number of hydrogen-bond acceptors (Lipinski definition) is 10. The number of hydrogen-bond donors (Lipinski definition) is 3. The Balaban J connectivity index is 2.30. The lowest BCUT2D eigenvalue weighted by Crippen LogP contribution is -2.63. The lowest BCUT2D eigenvalue weighted by Gasteiger charge is -2.46. The third-order valence-electron chi connectivity index (χ3n) is 11.3. The van der Waals surface area contributed by atoms with Gasteiger partial charge in [-0.15, -0.1) is 0 Å². The van der Waals surface area contributed by atoms with Gasteiger partial charge in [0.05, 0.1) is 25.4 Å². The Kier molecular flexibility index (Phi) is 31.3. The Labute approximate surface area is 371 Å². The lowest BCUT2D eigenvalue weighted by molar-refractivity contribution is -0.325. The average Bonchev–Trinajstić information content (AvgIpc) is 3.26. The van der Waals surface area contributed by atoms with E-state index in [0.29, 0.717) is 39.3 Å². The summed E-state index contributed by atoms with van der Waals surface area (Å²) in [6.45, 7) is 12.0. The molecular formula is C47H82F2N4O9. The number of unbranched alkanes of at least 4 members (excludes halogenated alkanes) is 14. The van der Waals surface area contributed by atoms with Crippen LogP contribution in [0.3, 0.4) is 0 Å². The molecule has 1 fully saturated rings. The molecule has 1 aliphatic rings. The molecule has 0 bridgehead atoms. The zero-order valence-corrected chi connectivity index (χ0v) is 38.7. The zero-order chi connectivity index (χ0) is 45.4. The van der Waals surface area contributed by atoms with E-state index < -0.39 is 66.5 Å². The van der Waals surface area contributed by atoms with Crippen LogP contribution in [0, 0.1) is 17.6 Å². The van der Waals surface area contributed by atoms with Gasteiger partial charge in [0.1, 0.15) is 30.5 Å². The molecule has 9 atom stereocenters. The number of nitrogens with zero attached hydrogens (tertiary/aromatic N) is 3. The quantitative estimate of drug-likeness (QED) is 0.0253. The first kappa shape index (κ1) is 55.7. The molecule has 0 spiro atoms. The summed E-state index contributed by atoms with van der Waals surface area (Å²) >= 11 is 0. The molecule has 1 heterocycles. The highest BCUT2D eigenvalue weighted by molar-refractivity contribution is 5.94. The van der Waals surface area contributed by atoms with E-state index in [0.717, 1.165) is 76.0 Å².